The molecular formula is C18H37N2O3S+. The maximum absolute atomic E-state index is 12.1. The third-order valence-electron chi connectivity index (χ3n) is 4.28. The Bertz CT molecular complexity index is 357. The molecule has 2 N–H and O–H groups in total. The Morgan fingerprint density at radius 3 is 1.79 bits per heavy atom. The van der Waals surface area contributed by atoms with Gasteiger partial charge in [-0.3, -0.25) is 9.59 Å². The molecule has 0 fully saturated rings. The summed E-state index contributed by atoms with van der Waals surface area (Å²) < 4.78 is 0.599. The number of carbonyl (C=O) groups is 2. The van der Waals surface area contributed by atoms with Crippen LogP contribution in [-0.4, -0.2) is 60.9 Å². The Hall–Kier alpha value is -0.750. The van der Waals surface area contributed by atoms with E-state index in [9.17, 15) is 9.59 Å². The second kappa shape index (κ2) is 13.5. The van der Waals surface area contributed by atoms with E-state index in [2.05, 4.69) is 17.9 Å². The number of nitrogens with zero attached hydrogens (tertiary/aromatic N) is 1. The van der Waals surface area contributed by atoms with Gasteiger partial charge in [-0.05, 0) is 12.8 Å². The molecule has 0 aromatic carbocycles. The molecule has 1 amide bonds. The SMILES string of the molecule is C[N+](C)(C)C(CS)C(=O)NCCCCCCCCCCCC(=O)O. The Kier molecular flexibility index (Phi) is 13.1. The van der Waals surface area contributed by atoms with Crippen molar-refractivity contribution in [1.82, 2.24) is 5.32 Å². The molecule has 0 heterocycles. The number of likely N-dealkylation sites (N-methyl/N-ethyl adjacent to an activating group) is 1. The Balaban J connectivity index is 3.45. The molecule has 0 bridgehead atoms. The van der Waals surface area contributed by atoms with E-state index in [0.717, 1.165) is 38.6 Å². The first-order chi connectivity index (χ1) is 11.3. The van der Waals surface area contributed by atoms with E-state index in [1.54, 1.807) is 0 Å². The maximum atomic E-state index is 12.1. The summed E-state index contributed by atoms with van der Waals surface area (Å²) in [5.41, 5.74) is 0. The number of rotatable bonds is 15. The number of amides is 1. The lowest BCUT2D eigenvalue weighted by Crippen LogP contribution is -2.55. The van der Waals surface area contributed by atoms with Gasteiger partial charge >= 0.3 is 5.97 Å². The smallest absolute Gasteiger partial charge is 0.303 e. The number of carboxylic acids is 1. The monoisotopic (exact) mass is 361 g/mol. The lowest BCUT2D eigenvalue weighted by Gasteiger charge is -2.31. The van der Waals surface area contributed by atoms with Crippen LogP contribution in [0.25, 0.3) is 0 Å². The first-order valence-electron chi connectivity index (χ1n) is 9.20. The van der Waals surface area contributed by atoms with Crippen molar-refractivity contribution in [1.29, 1.82) is 0 Å². The molecule has 142 valence electrons. The predicted molar refractivity (Wildman–Crippen MR) is 102 cm³/mol. The zero-order valence-corrected chi connectivity index (χ0v) is 16.6. The van der Waals surface area contributed by atoms with Gasteiger partial charge in [0.1, 0.15) is 0 Å². The molecule has 0 aromatic heterocycles. The van der Waals surface area contributed by atoms with Crippen molar-refractivity contribution in [2.45, 2.75) is 70.3 Å². The molecule has 6 heteroatoms. The summed E-state index contributed by atoms with van der Waals surface area (Å²) in [5, 5.41) is 11.6. The number of carboxylic acid groups (broad SMARTS) is 1. The average molecular weight is 362 g/mol. The minimum atomic E-state index is -0.691. The summed E-state index contributed by atoms with van der Waals surface area (Å²) in [7, 11) is 6.05. The van der Waals surface area contributed by atoms with Gasteiger partial charge < -0.3 is 14.9 Å². The van der Waals surface area contributed by atoms with Gasteiger partial charge in [-0.25, -0.2) is 0 Å². The molecule has 0 saturated carbocycles. The molecule has 0 spiro atoms. The fourth-order valence-electron chi connectivity index (χ4n) is 2.65. The first kappa shape index (κ1) is 23.2. The van der Waals surface area contributed by atoms with Crippen molar-refractivity contribution in [3.8, 4) is 0 Å². The fourth-order valence-corrected chi connectivity index (χ4v) is 3.30. The molecule has 0 aromatic rings. The van der Waals surface area contributed by atoms with Crippen molar-refractivity contribution in [2.75, 3.05) is 33.4 Å². The van der Waals surface area contributed by atoms with Crippen molar-refractivity contribution < 1.29 is 19.2 Å². The summed E-state index contributed by atoms with van der Waals surface area (Å²) >= 11 is 4.29. The molecule has 1 unspecified atom stereocenters. The highest BCUT2D eigenvalue weighted by Crippen LogP contribution is 2.10. The lowest BCUT2D eigenvalue weighted by atomic mass is 10.1. The third kappa shape index (κ3) is 12.6. The van der Waals surface area contributed by atoms with Crippen LogP contribution in [0.15, 0.2) is 0 Å². The number of quaternary nitrogens is 1. The number of thiol groups is 1. The maximum Gasteiger partial charge on any atom is 0.303 e. The van der Waals surface area contributed by atoms with Crippen LogP contribution >= 0.6 is 12.6 Å². The number of hydrogen-bond acceptors (Lipinski definition) is 3. The van der Waals surface area contributed by atoms with Gasteiger partial charge in [0.2, 0.25) is 0 Å². The van der Waals surface area contributed by atoms with E-state index in [-0.39, 0.29) is 11.9 Å². The summed E-state index contributed by atoms with van der Waals surface area (Å²) in [4.78, 5) is 22.5. The van der Waals surface area contributed by atoms with E-state index in [1.807, 2.05) is 21.1 Å². The molecule has 0 aliphatic heterocycles. The van der Waals surface area contributed by atoms with Crippen LogP contribution in [0.2, 0.25) is 0 Å². The molecule has 0 radical (unpaired) electrons. The quantitative estimate of drug-likeness (QED) is 0.239. The Morgan fingerprint density at radius 2 is 1.38 bits per heavy atom. The topological polar surface area (TPSA) is 66.4 Å². The molecule has 0 saturated heterocycles. The highest BCUT2D eigenvalue weighted by molar-refractivity contribution is 7.80. The molecule has 0 rings (SSSR count). The van der Waals surface area contributed by atoms with E-state index in [0.29, 0.717) is 16.7 Å². The normalized spacial score (nSPS) is 12.8. The van der Waals surface area contributed by atoms with E-state index >= 15 is 0 Å². The predicted octanol–water partition coefficient (Wildman–Crippen LogP) is 3.09. The minimum absolute atomic E-state index is 0.0962. The van der Waals surface area contributed by atoms with Crippen molar-refractivity contribution >= 4 is 24.5 Å². The number of unbranched alkanes of at least 4 members (excludes halogenated alkanes) is 8. The molecule has 5 nitrogen and oxygen atoms in total. The summed E-state index contributed by atoms with van der Waals surface area (Å²) in [6, 6.07) is -0.102. The molecule has 0 aliphatic rings. The van der Waals surface area contributed by atoms with Crippen LogP contribution in [0.3, 0.4) is 0 Å². The van der Waals surface area contributed by atoms with E-state index in [4.69, 9.17) is 5.11 Å². The van der Waals surface area contributed by atoms with Crippen LogP contribution in [0, 0.1) is 0 Å². The van der Waals surface area contributed by atoms with Crippen LogP contribution in [-0.2, 0) is 9.59 Å². The fraction of sp³-hybridized carbons (Fsp3) is 0.889. The first-order valence-corrected chi connectivity index (χ1v) is 9.83. The highest BCUT2D eigenvalue weighted by Gasteiger charge is 2.29. The van der Waals surface area contributed by atoms with Gasteiger partial charge in [-0.1, -0.05) is 44.9 Å². The van der Waals surface area contributed by atoms with Gasteiger partial charge in [0.15, 0.2) is 6.04 Å². The largest absolute Gasteiger partial charge is 0.481 e. The standard InChI is InChI=1S/C18H36N2O3S/c1-20(2,3)16(15-24)18(23)19-14-12-10-8-6-4-5-7-9-11-13-17(21)22/h16H,4-15H2,1-3H3,(H2-,19,21,22,23,24)/p+1. The van der Waals surface area contributed by atoms with Gasteiger partial charge in [-0.15, -0.1) is 0 Å². The minimum Gasteiger partial charge on any atom is -0.481 e. The van der Waals surface area contributed by atoms with Crippen molar-refractivity contribution in [3.63, 3.8) is 0 Å². The number of aliphatic carboxylic acids is 1. The van der Waals surface area contributed by atoms with E-state index in [1.165, 1.54) is 25.7 Å². The van der Waals surface area contributed by atoms with Crippen molar-refractivity contribution in [2.24, 2.45) is 0 Å². The Morgan fingerprint density at radius 1 is 0.917 bits per heavy atom. The summed E-state index contributed by atoms with van der Waals surface area (Å²) in [6.07, 6.45) is 10.3. The van der Waals surface area contributed by atoms with Crippen LogP contribution in [0.1, 0.15) is 64.2 Å². The summed E-state index contributed by atoms with van der Waals surface area (Å²) in [6.45, 7) is 0.748. The molecule has 1 atom stereocenters. The third-order valence-corrected chi connectivity index (χ3v) is 4.62. The molecule has 24 heavy (non-hydrogen) atoms. The van der Waals surface area contributed by atoms with Crippen LogP contribution < -0.4 is 5.32 Å². The number of hydrogen-bond donors (Lipinski definition) is 3. The van der Waals surface area contributed by atoms with Gasteiger partial charge in [0, 0.05) is 13.0 Å². The summed E-state index contributed by atoms with van der Waals surface area (Å²) in [5.74, 6) is -0.0370. The van der Waals surface area contributed by atoms with Crippen LogP contribution in [0.4, 0.5) is 0 Å². The van der Waals surface area contributed by atoms with Gasteiger partial charge in [0.05, 0.1) is 26.9 Å². The zero-order valence-electron chi connectivity index (χ0n) is 15.7. The van der Waals surface area contributed by atoms with Gasteiger partial charge in [-0.2, -0.15) is 12.6 Å². The Labute approximate surface area is 153 Å². The second-order valence-electron chi connectivity index (χ2n) is 7.43. The van der Waals surface area contributed by atoms with Gasteiger partial charge in [0.25, 0.3) is 5.91 Å². The number of carbonyl (C=O) groups excluding carboxylic acids is 1. The molecule has 0 aliphatic carbocycles. The van der Waals surface area contributed by atoms with E-state index < -0.39 is 5.97 Å². The second-order valence-corrected chi connectivity index (χ2v) is 7.80. The average Bonchev–Trinajstić information content (AvgIpc) is 2.47. The zero-order chi connectivity index (χ0) is 18.4. The molecular weight excluding hydrogens is 324 g/mol. The van der Waals surface area contributed by atoms with Crippen LogP contribution in [0.5, 0.6) is 0 Å². The lowest BCUT2D eigenvalue weighted by molar-refractivity contribution is -0.883. The highest BCUT2D eigenvalue weighted by atomic mass is 32.1. The number of nitrogens with one attached hydrogen (secondary N) is 1. The van der Waals surface area contributed by atoms with Crippen molar-refractivity contribution in [3.05, 3.63) is 0 Å².